The fourth-order valence-electron chi connectivity index (χ4n) is 1.75. The van der Waals surface area contributed by atoms with Crippen LogP contribution < -0.4 is 0 Å². The highest BCUT2D eigenvalue weighted by Gasteiger charge is 2.25. The first-order valence-corrected chi connectivity index (χ1v) is 5.64. The lowest BCUT2D eigenvalue weighted by atomic mass is 9.91. The van der Waals surface area contributed by atoms with E-state index in [-0.39, 0.29) is 6.61 Å². The summed E-state index contributed by atoms with van der Waals surface area (Å²) in [5, 5.41) is 8.77. The monoisotopic (exact) mass is 199 g/mol. The van der Waals surface area contributed by atoms with Crippen LogP contribution in [0.2, 0.25) is 0 Å². The van der Waals surface area contributed by atoms with Gasteiger partial charge in [-0.1, -0.05) is 13.3 Å². The lowest BCUT2D eigenvalue weighted by Crippen LogP contribution is -2.43. The second-order valence-electron chi connectivity index (χ2n) is 4.02. The molecule has 0 bridgehead atoms. The largest absolute Gasteiger partial charge is 0.396 e. The standard InChI is InChI=1S/C11H21NO2/c1-2-11(14)9-12(7-4-8-13)10-5-3-6-10/h10,13H,2-9H2,1H3. The number of hydrogen-bond donors (Lipinski definition) is 1. The predicted molar refractivity (Wildman–Crippen MR) is 56.2 cm³/mol. The van der Waals surface area contributed by atoms with E-state index in [9.17, 15) is 4.79 Å². The zero-order valence-corrected chi connectivity index (χ0v) is 9.04. The summed E-state index contributed by atoms with van der Waals surface area (Å²) < 4.78 is 0. The number of nitrogens with zero attached hydrogens (tertiary/aromatic N) is 1. The average Bonchev–Trinajstić information content (AvgIpc) is 2.11. The summed E-state index contributed by atoms with van der Waals surface area (Å²) >= 11 is 0. The minimum atomic E-state index is 0.226. The van der Waals surface area contributed by atoms with Gasteiger partial charge in [-0.2, -0.15) is 0 Å². The van der Waals surface area contributed by atoms with Gasteiger partial charge in [-0.3, -0.25) is 9.69 Å². The van der Waals surface area contributed by atoms with Crippen molar-refractivity contribution in [2.24, 2.45) is 0 Å². The van der Waals surface area contributed by atoms with Crippen LogP contribution in [0.5, 0.6) is 0 Å². The molecule has 1 fully saturated rings. The maximum absolute atomic E-state index is 11.3. The van der Waals surface area contributed by atoms with Gasteiger partial charge in [0, 0.05) is 25.6 Å². The Morgan fingerprint density at radius 1 is 1.50 bits per heavy atom. The number of aliphatic hydroxyl groups is 1. The molecular formula is C11H21NO2. The molecule has 0 saturated heterocycles. The smallest absolute Gasteiger partial charge is 0.146 e. The summed E-state index contributed by atoms with van der Waals surface area (Å²) in [4.78, 5) is 13.6. The van der Waals surface area contributed by atoms with Crippen LogP contribution in [0.3, 0.4) is 0 Å². The van der Waals surface area contributed by atoms with Crippen molar-refractivity contribution in [3.05, 3.63) is 0 Å². The Morgan fingerprint density at radius 2 is 2.21 bits per heavy atom. The SMILES string of the molecule is CCC(=O)CN(CCCO)C1CCC1. The van der Waals surface area contributed by atoms with Gasteiger partial charge >= 0.3 is 0 Å². The molecule has 0 radical (unpaired) electrons. The topological polar surface area (TPSA) is 40.5 Å². The Hall–Kier alpha value is -0.410. The molecule has 82 valence electrons. The van der Waals surface area contributed by atoms with Crippen molar-refractivity contribution in [3.8, 4) is 0 Å². The number of Topliss-reactive ketones (excluding diaryl/α,β-unsaturated/α-hetero) is 1. The van der Waals surface area contributed by atoms with E-state index in [4.69, 9.17) is 5.11 Å². The Kier molecular flexibility index (Phi) is 5.12. The molecule has 0 aromatic carbocycles. The van der Waals surface area contributed by atoms with Crippen molar-refractivity contribution in [2.75, 3.05) is 19.7 Å². The van der Waals surface area contributed by atoms with Crippen LogP contribution >= 0.6 is 0 Å². The van der Waals surface area contributed by atoms with Gasteiger partial charge < -0.3 is 5.11 Å². The van der Waals surface area contributed by atoms with E-state index in [1.54, 1.807) is 0 Å². The maximum Gasteiger partial charge on any atom is 0.146 e. The molecule has 0 aromatic heterocycles. The van der Waals surface area contributed by atoms with Crippen molar-refractivity contribution in [2.45, 2.75) is 45.1 Å². The van der Waals surface area contributed by atoms with E-state index in [1.165, 1.54) is 19.3 Å². The molecule has 0 heterocycles. The van der Waals surface area contributed by atoms with E-state index < -0.39 is 0 Å². The minimum Gasteiger partial charge on any atom is -0.396 e. The van der Waals surface area contributed by atoms with Crippen molar-refractivity contribution >= 4 is 5.78 Å². The Morgan fingerprint density at radius 3 is 2.64 bits per heavy atom. The quantitative estimate of drug-likeness (QED) is 0.670. The Bertz CT molecular complexity index is 178. The molecule has 0 aromatic rings. The molecule has 0 unspecified atom stereocenters. The van der Waals surface area contributed by atoms with Crippen molar-refractivity contribution in [3.63, 3.8) is 0 Å². The number of carbonyl (C=O) groups is 1. The van der Waals surface area contributed by atoms with Crippen LogP contribution in [0.15, 0.2) is 0 Å². The maximum atomic E-state index is 11.3. The lowest BCUT2D eigenvalue weighted by molar-refractivity contribution is -0.121. The molecule has 1 N–H and O–H groups in total. The lowest BCUT2D eigenvalue weighted by Gasteiger charge is -2.37. The van der Waals surface area contributed by atoms with Gasteiger partial charge in [-0.25, -0.2) is 0 Å². The first-order valence-electron chi connectivity index (χ1n) is 5.64. The van der Waals surface area contributed by atoms with Gasteiger partial charge in [0.15, 0.2) is 0 Å². The second kappa shape index (κ2) is 6.14. The van der Waals surface area contributed by atoms with E-state index in [0.717, 1.165) is 13.0 Å². The molecular weight excluding hydrogens is 178 g/mol. The number of carbonyl (C=O) groups excluding carboxylic acids is 1. The van der Waals surface area contributed by atoms with Gasteiger partial charge in [-0.05, 0) is 19.3 Å². The molecule has 3 heteroatoms. The third-order valence-corrected chi connectivity index (χ3v) is 2.97. The number of aliphatic hydroxyl groups excluding tert-OH is 1. The molecule has 0 amide bonds. The molecule has 1 aliphatic carbocycles. The van der Waals surface area contributed by atoms with Crippen LogP contribution in [-0.4, -0.2) is 41.5 Å². The van der Waals surface area contributed by atoms with Gasteiger partial charge in [-0.15, -0.1) is 0 Å². The third kappa shape index (κ3) is 3.39. The van der Waals surface area contributed by atoms with Crippen LogP contribution in [-0.2, 0) is 4.79 Å². The summed E-state index contributed by atoms with van der Waals surface area (Å²) in [6.45, 7) is 3.59. The zero-order valence-electron chi connectivity index (χ0n) is 9.04. The highest BCUT2D eigenvalue weighted by molar-refractivity contribution is 5.80. The predicted octanol–water partition coefficient (Wildman–Crippen LogP) is 1.20. The molecule has 0 aliphatic heterocycles. The highest BCUT2D eigenvalue weighted by atomic mass is 16.3. The molecule has 1 saturated carbocycles. The molecule has 3 nitrogen and oxygen atoms in total. The summed E-state index contributed by atoms with van der Waals surface area (Å²) in [6, 6.07) is 0.608. The van der Waals surface area contributed by atoms with E-state index in [1.807, 2.05) is 6.92 Å². The van der Waals surface area contributed by atoms with Crippen molar-refractivity contribution < 1.29 is 9.90 Å². The fraction of sp³-hybridized carbons (Fsp3) is 0.909. The summed E-state index contributed by atoms with van der Waals surface area (Å²) in [5.41, 5.74) is 0. The van der Waals surface area contributed by atoms with Gasteiger partial charge in [0.05, 0.1) is 6.54 Å². The number of hydrogen-bond acceptors (Lipinski definition) is 3. The van der Waals surface area contributed by atoms with Gasteiger partial charge in [0.1, 0.15) is 5.78 Å². The van der Waals surface area contributed by atoms with Gasteiger partial charge in [0.2, 0.25) is 0 Å². The van der Waals surface area contributed by atoms with Crippen molar-refractivity contribution in [1.29, 1.82) is 0 Å². The normalized spacial score (nSPS) is 17.1. The second-order valence-corrected chi connectivity index (χ2v) is 4.02. The summed E-state index contributed by atoms with van der Waals surface area (Å²) in [6.07, 6.45) is 5.15. The Balaban J connectivity index is 2.31. The van der Waals surface area contributed by atoms with Crippen LogP contribution in [0.25, 0.3) is 0 Å². The van der Waals surface area contributed by atoms with Crippen molar-refractivity contribution in [1.82, 2.24) is 4.90 Å². The zero-order chi connectivity index (χ0) is 10.4. The fourth-order valence-corrected chi connectivity index (χ4v) is 1.75. The van der Waals surface area contributed by atoms with E-state index in [2.05, 4.69) is 4.90 Å². The molecule has 1 aliphatic rings. The summed E-state index contributed by atoms with van der Waals surface area (Å²) in [7, 11) is 0. The third-order valence-electron chi connectivity index (χ3n) is 2.97. The van der Waals surface area contributed by atoms with Gasteiger partial charge in [0.25, 0.3) is 0 Å². The van der Waals surface area contributed by atoms with E-state index in [0.29, 0.717) is 24.8 Å². The first-order chi connectivity index (χ1) is 6.77. The molecule has 0 atom stereocenters. The average molecular weight is 199 g/mol. The van der Waals surface area contributed by atoms with E-state index >= 15 is 0 Å². The number of ketones is 1. The highest BCUT2D eigenvalue weighted by Crippen LogP contribution is 2.24. The number of rotatable bonds is 7. The minimum absolute atomic E-state index is 0.226. The Labute approximate surface area is 86.1 Å². The molecule has 14 heavy (non-hydrogen) atoms. The van der Waals surface area contributed by atoms with Crippen LogP contribution in [0.1, 0.15) is 39.0 Å². The molecule has 1 rings (SSSR count). The van der Waals surface area contributed by atoms with Crippen LogP contribution in [0.4, 0.5) is 0 Å². The van der Waals surface area contributed by atoms with Crippen LogP contribution in [0, 0.1) is 0 Å². The summed E-state index contributed by atoms with van der Waals surface area (Å²) in [5.74, 6) is 0.315. The molecule has 0 spiro atoms. The first kappa shape index (κ1) is 11.7.